The zero-order valence-electron chi connectivity index (χ0n) is 10.8. The van der Waals surface area contributed by atoms with Gasteiger partial charge in [-0.3, -0.25) is 0 Å². The molecule has 6 nitrogen and oxygen atoms in total. The minimum atomic E-state index is -2.82. The largest absolute Gasteiger partial charge is 0.547 e. The Bertz CT molecular complexity index is 273. The summed E-state index contributed by atoms with van der Waals surface area (Å²) in [5.41, 5.74) is -5.64. The summed E-state index contributed by atoms with van der Waals surface area (Å²) in [7, 11) is 0. The highest BCUT2D eigenvalue weighted by atomic mass is 16.5. The number of aliphatic hydroxyl groups is 2. The molecule has 6 heteroatoms. The van der Waals surface area contributed by atoms with Crippen molar-refractivity contribution >= 4 is 11.9 Å². The summed E-state index contributed by atoms with van der Waals surface area (Å²) in [5.74, 6) is -3.97. The lowest BCUT2D eigenvalue weighted by molar-refractivity contribution is -0.359. The van der Waals surface area contributed by atoms with Crippen molar-refractivity contribution in [1.82, 2.24) is 0 Å². The second kappa shape index (κ2) is 6.70. The molecule has 18 heavy (non-hydrogen) atoms. The van der Waals surface area contributed by atoms with Crippen molar-refractivity contribution in [3.63, 3.8) is 0 Å². The fourth-order valence-electron chi connectivity index (χ4n) is 1.82. The Morgan fingerprint density at radius 1 is 0.889 bits per heavy atom. The van der Waals surface area contributed by atoms with Crippen molar-refractivity contribution in [3.05, 3.63) is 0 Å². The van der Waals surface area contributed by atoms with Crippen LogP contribution in [0, 0.1) is 0 Å². The van der Waals surface area contributed by atoms with Crippen molar-refractivity contribution in [1.29, 1.82) is 0 Å². The van der Waals surface area contributed by atoms with Crippen LogP contribution in [0.15, 0.2) is 0 Å². The molecule has 0 bridgehead atoms. The normalized spacial score (nSPS) is 17.8. The van der Waals surface area contributed by atoms with Gasteiger partial charge in [0.1, 0.15) is 11.2 Å². The molecule has 0 aliphatic rings. The van der Waals surface area contributed by atoms with E-state index >= 15 is 0 Å². The average Bonchev–Trinajstić information content (AvgIpc) is 2.32. The lowest BCUT2D eigenvalue weighted by Crippen LogP contribution is -2.70. The molecular formula is C12H20O6-2. The summed E-state index contributed by atoms with van der Waals surface area (Å²) in [6.07, 6.45) is 0.831. The number of hydrogen-bond acceptors (Lipinski definition) is 6. The maximum absolute atomic E-state index is 11.0. The summed E-state index contributed by atoms with van der Waals surface area (Å²) in [5, 5.41) is 42.1. The van der Waals surface area contributed by atoms with E-state index in [1.807, 2.05) is 0 Å². The van der Waals surface area contributed by atoms with E-state index in [-0.39, 0.29) is 25.7 Å². The molecule has 0 amide bonds. The van der Waals surface area contributed by atoms with Crippen LogP contribution < -0.4 is 10.2 Å². The molecular weight excluding hydrogens is 240 g/mol. The molecule has 0 spiro atoms. The number of unbranched alkanes of at least 4 members (excludes halogenated alkanes) is 2. The molecule has 0 saturated carbocycles. The summed E-state index contributed by atoms with van der Waals surface area (Å²) in [6.45, 7) is 3.50. The lowest BCUT2D eigenvalue weighted by Gasteiger charge is -2.45. The molecule has 0 unspecified atom stereocenters. The van der Waals surface area contributed by atoms with Gasteiger partial charge < -0.3 is 30.0 Å². The van der Waals surface area contributed by atoms with Crippen LogP contribution in [-0.4, -0.2) is 33.4 Å². The molecule has 0 aromatic carbocycles. The van der Waals surface area contributed by atoms with Crippen LogP contribution in [0.3, 0.4) is 0 Å². The zero-order chi connectivity index (χ0) is 14.4. The minimum absolute atomic E-state index is 0.256. The third-order valence-corrected chi connectivity index (χ3v) is 3.14. The third-order valence-electron chi connectivity index (χ3n) is 3.14. The van der Waals surface area contributed by atoms with Gasteiger partial charge >= 0.3 is 0 Å². The second-order valence-corrected chi connectivity index (χ2v) is 4.50. The lowest BCUT2D eigenvalue weighted by atomic mass is 9.76. The first-order valence-corrected chi connectivity index (χ1v) is 6.14. The van der Waals surface area contributed by atoms with Crippen LogP contribution >= 0.6 is 0 Å². The van der Waals surface area contributed by atoms with Crippen LogP contribution in [0.2, 0.25) is 0 Å². The molecule has 0 rings (SSSR count). The highest BCUT2D eigenvalue weighted by Gasteiger charge is 2.50. The molecule has 0 saturated heterocycles. The van der Waals surface area contributed by atoms with Gasteiger partial charge in [0.05, 0.1) is 11.9 Å². The Hall–Kier alpha value is -1.14. The second-order valence-electron chi connectivity index (χ2n) is 4.50. The predicted molar refractivity (Wildman–Crippen MR) is 59.0 cm³/mol. The summed E-state index contributed by atoms with van der Waals surface area (Å²) >= 11 is 0. The Balaban J connectivity index is 5.34. The first-order chi connectivity index (χ1) is 8.26. The maximum atomic E-state index is 11.0. The van der Waals surface area contributed by atoms with E-state index in [1.165, 1.54) is 0 Å². The van der Waals surface area contributed by atoms with Gasteiger partial charge in [0, 0.05) is 0 Å². The van der Waals surface area contributed by atoms with Crippen molar-refractivity contribution in [3.8, 4) is 0 Å². The van der Waals surface area contributed by atoms with Gasteiger partial charge in [0.25, 0.3) is 0 Å². The van der Waals surface area contributed by atoms with Crippen LogP contribution in [0.4, 0.5) is 0 Å². The third kappa shape index (κ3) is 3.20. The summed E-state index contributed by atoms with van der Waals surface area (Å²) in [6, 6.07) is 0. The fraction of sp³-hybridized carbons (Fsp3) is 0.833. The standard InChI is InChI=1S/C12H22O6/c1-3-5-7-11(17,9(13)14)12(18,10(15)16)8-6-4-2/h17-18H,3-8H2,1-2H3,(H,13,14)(H,15,16)/p-2/t11-,12-/m1/s1. The Labute approximate surface area is 106 Å². The number of carbonyl (C=O) groups excluding carboxylic acids is 2. The molecule has 0 fully saturated rings. The fourth-order valence-corrected chi connectivity index (χ4v) is 1.82. The van der Waals surface area contributed by atoms with E-state index in [2.05, 4.69) is 0 Å². The summed E-state index contributed by atoms with van der Waals surface area (Å²) < 4.78 is 0. The van der Waals surface area contributed by atoms with E-state index in [0.29, 0.717) is 12.8 Å². The first kappa shape index (κ1) is 16.9. The van der Waals surface area contributed by atoms with Gasteiger partial charge in [-0.1, -0.05) is 39.5 Å². The Morgan fingerprint density at radius 2 is 1.17 bits per heavy atom. The Kier molecular flexibility index (Phi) is 6.28. The highest BCUT2D eigenvalue weighted by Crippen LogP contribution is 2.32. The first-order valence-electron chi connectivity index (χ1n) is 6.14. The van der Waals surface area contributed by atoms with Gasteiger partial charge in [-0.05, 0) is 12.8 Å². The number of rotatable bonds is 9. The number of carboxylic acid groups (broad SMARTS) is 2. The number of hydrogen-bond donors (Lipinski definition) is 2. The average molecular weight is 260 g/mol. The molecule has 106 valence electrons. The predicted octanol–water partition coefficient (Wildman–Crippen LogP) is -1.67. The van der Waals surface area contributed by atoms with Crippen LogP contribution in [0.1, 0.15) is 52.4 Å². The molecule has 0 radical (unpaired) electrons. The molecule has 0 aromatic heterocycles. The number of aliphatic carboxylic acids is 2. The van der Waals surface area contributed by atoms with Gasteiger partial charge in [0.2, 0.25) is 0 Å². The zero-order valence-corrected chi connectivity index (χ0v) is 10.8. The van der Waals surface area contributed by atoms with Gasteiger partial charge in [0.15, 0.2) is 0 Å². The van der Waals surface area contributed by atoms with Gasteiger partial charge in [-0.2, -0.15) is 0 Å². The maximum Gasteiger partial charge on any atom is 0.138 e. The van der Waals surface area contributed by atoms with Crippen LogP contribution in [0.25, 0.3) is 0 Å². The van der Waals surface area contributed by atoms with Crippen LogP contribution in [-0.2, 0) is 9.59 Å². The minimum Gasteiger partial charge on any atom is -0.547 e. The van der Waals surface area contributed by atoms with E-state index < -0.39 is 23.1 Å². The molecule has 0 aliphatic heterocycles. The molecule has 2 N–H and O–H groups in total. The monoisotopic (exact) mass is 260 g/mol. The van der Waals surface area contributed by atoms with E-state index in [4.69, 9.17) is 0 Å². The molecule has 0 heterocycles. The van der Waals surface area contributed by atoms with Crippen molar-refractivity contribution in [2.45, 2.75) is 63.6 Å². The number of carbonyl (C=O) groups is 2. The smallest absolute Gasteiger partial charge is 0.138 e. The van der Waals surface area contributed by atoms with Crippen molar-refractivity contribution < 1.29 is 30.0 Å². The highest BCUT2D eigenvalue weighted by molar-refractivity contribution is 5.88. The van der Waals surface area contributed by atoms with E-state index in [0.717, 1.165) is 0 Å². The van der Waals surface area contributed by atoms with Crippen molar-refractivity contribution in [2.75, 3.05) is 0 Å². The number of carboxylic acids is 2. The topological polar surface area (TPSA) is 121 Å². The summed E-state index contributed by atoms with van der Waals surface area (Å²) in [4.78, 5) is 22.1. The van der Waals surface area contributed by atoms with Crippen molar-refractivity contribution in [2.24, 2.45) is 0 Å². The quantitative estimate of drug-likeness (QED) is 0.511. The Morgan fingerprint density at radius 3 is 1.33 bits per heavy atom. The van der Waals surface area contributed by atoms with Gasteiger partial charge in [-0.15, -0.1) is 0 Å². The molecule has 0 aromatic rings. The SMILES string of the molecule is CCCC[C@@](O)(C(=O)[O-])[C@@](O)(CCCC)C(=O)[O-]. The van der Waals surface area contributed by atoms with Crippen LogP contribution in [0.5, 0.6) is 0 Å². The van der Waals surface area contributed by atoms with Gasteiger partial charge in [-0.25, -0.2) is 0 Å². The van der Waals surface area contributed by atoms with E-state index in [1.54, 1.807) is 13.8 Å². The van der Waals surface area contributed by atoms with E-state index in [9.17, 15) is 30.0 Å². The molecule has 0 aliphatic carbocycles. The molecule has 2 atom stereocenters.